The molecule has 0 aliphatic carbocycles. The maximum Gasteiger partial charge on any atom is 0.190 e. The predicted octanol–water partition coefficient (Wildman–Crippen LogP) is 1.67. The van der Waals surface area contributed by atoms with E-state index in [-0.39, 0.29) is 0 Å². The molecule has 1 aromatic carbocycles. The van der Waals surface area contributed by atoms with Crippen LogP contribution in [-0.2, 0) is 11.4 Å². The average molecular weight is 209 g/mol. The van der Waals surface area contributed by atoms with Gasteiger partial charge in [-0.3, -0.25) is 0 Å². The molecule has 1 atom stereocenters. The monoisotopic (exact) mass is 209 g/mol. The Morgan fingerprint density at radius 3 is 3.00 bits per heavy atom. The van der Waals surface area contributed by atoms with Gasteiger partial charge in [0.2, 0.25) is 0 Å². The van der Waals surface area contributed by atoms with Crippen molar-refractivity contribution in [1.29, 1.82) is 0 Å². The molecule has 2 rings (SSSR count). The molecular weight excluding hydrogens is 202 g/mol. The Kier molecular flexibility index (Phi) is 2.51. The van der Waals surface area contributed by atoms with E-state index in [0.29, 0.717) is 6.54 Å². The lowest BCUT2D eigenvalue weighted by Crippen LogP contribution is -2.19. The van der Waals surface area contributed by atoms with Crippen LogP contribution in [0.1, 0.15) is 0 Å². The third-order valence-electron chi connectivity index (χ3n) is 1.64. The second-order valence-corrected chi connectivity index (χ2v) is 5.16. The SMILES string of the molecule is C#CCN1Sc2ccccc2[S+]1[O-]. The fourth-order valence-corrected chi connectivity index (χ4v) is 3.67. The van der Waals surface area contributed by atoms with Crippen LogP contribution in [0.15, 0.2) is 34.1 Å². The van der Waals surface area contributed by atoms with Crippen molar-refractivity contribution in [3.63, 3.8) is 0 Å². The molecule has 0 saturated carbocycles. The van der Waals surface area contributed by atoms with Crippen LogP contribution in [0.4, 0.5) is 0 Å². The number of hydrogen-bond acceptors (Lipinski definition) is 3. The van der Waals surface area contributed by atoms with Gasteiger partial charge in [0.15, 0.2) is 4.90 Å². The molecule has 2 nitrogen and oxygen atoms in total. The van der Waals surface area contributed by atoms with Gasteiger partial charge in [0.25, 0.3) is 0 Å². The molecule has 1 aliphatic rings. The highest BCUT2D eigenvalue weighted by molar-refractivity contribution is 8.11. The first-order valence-electron chi connectivity index (χ1n) is 3.73. The van der Waals surface area contributed by atoms with Gasteiger partial charge >= 0.3 is 0 Å². The largest absolute Gasteiger partial charge is 0.592 e. The molecule has 66 valence electrons. The maximum absolute atomic E-state index is 11.7. The molecule has 0 bridgehead atoms. The van der Waals surface area contributed by atoms with Gasteiger partial charge in [-0.25, -0.2) is 0 Å². The molecule has 1 unspecified atom stereocenters. The van der Waals surface area contributed by atoms with E-state index in [4.69, 9.17) is 6.42 Å². The molecule has 0 N–H and O–H groups in total. The molecule has 0 radical (unpaired) electrons. The maximum atomic E-state index is 11.7. The summed E-state index contributed by atoms with van der Waals surface area (Å²) >= 11 is 0.378. The molecule has 0 amide bonds. The summed E-state index contributed by atoms with van der Waals surface area (Å²) in [5, 5.41) is 0. The lowest BCUT2D eigenvalue weighted by atomic mass is 10.4. The third-order valence-corrected chi connectivity index (χ3v) is 4.52. The Bertz CT molecular complexity index is 361. The van der Waals surface area contributed by atoms with Crippen molar-refractivity contribution in [3.8, 4) is 12.3 Å². The van der Waals surface area contributed by atoms with Crippen LogP contribution < -0.4 is 0 Å². The summed E-state index contributed by atoms with van der Waals surface area (Å²) in [6, 6.07) is 7.64. The Morgan fingerprint density at radius 2 is 2.31 bits per heavy atom. The summed E-state index contributed by atoms with van der Waals surface area (Å²) in [5.74, 6) is 2.49. The van der Waals surface area contributed by atoms with Crippen LogP contribution in [0.5, 0.6) is 0 Å². The van der Waals surface area contributed by atoms with Crippen molar-refractivity contribution in [1.82, 2.24) is 3.71 Å². The van der Waals surface area contributed by atoms with Gasteiger partial charge < -0.3 is 4.55 Å². The molecule has 0 saturated heterocycles. The van der Waals surface area contributed by atoms with Gasteiger partial charge in [-0.15, -0.1) is 6.42 Å². The molecule has 4 heteroatoms. The van der Waals surface area contributed by atoms with E-state index < -0.39 is 11.4 Å². The van der Waals surface area contributed by atoms with Gasteiger partial charge in [0.1, 0.15) is 6.54 Å². The highest BCUT2D eigenvalue weighted by Crippen LogP contribution is 2.40. The highest BCUT2D eigenvalue weighted by atomic mass is 32.3. The predicted molar refractivity (Wildman–Crippen MR) is 54.2 cm³/mol. The van der Waals surface area contributed by atoms with Crippen LogP contribution in [-0.4, -0.2) is 14.8 Å². The first kappa shape index (κ1) is 8.97. The van der Waals surface area contributed by atoms with E-state index in [1.165, 1.54) is 11.9 Å². The fraction of sp³-hybridized carbons (Fsp3) is 0.111. The summed E-state index contributed by atoms with van der Waals surface area (Å²) in [6.45, 7) is 0.409. The molecule has 0 fully saturated rings. The Labute approximate surface area is 84.8 Å². The molecule has 1 aromatic rings. The van der Waals surface area contributed by atoms with Crippen molar-refractivity contribution in [2.75, 3.05) is 6.54 Å². The number of benzene rings is 1. The van der Waals surface area contributed by atoms with Crippen LogP contribution in [0.3, 0.4) is 0 Å². The molecular formula is C9H7NOS2. The zero-order valence-corrected chi connectivity index (χ0v) is 8.40. The molecule has 13 heavy (non-hydrogen) atoms. The van der Waals surface area contributed by atoms with Crippen molar-refractivity contribution in [2.24, 2.45) is 0 Å². The van der Waals surface area contributed by atoms with Crippen molar-refractivity contribution < 1.29 is 4.55 Å². The highest BCUT2D eigenvalue weighted by Gasteiger charge is 2.34. The lowest BCUT2D eigenvalue weighted by molar-refractivity contribution is 0.560. The zero-order chi connectivity index (χ0) is 9.26. The summed E-state index contributed by atoms with van der Waals surface area (Å²) in [7, 11) is 0. The Balaban J connectivity index is 2.28. The average Bonchev–Trinajstić information content (AvgIpc) is 2.46. The van der Waals surface area contributed by atoms with Crippen LogP contribution in [0.25, 0.3) is 0 Å². The lowest BCUT2D eigenvalue weighted by Gasteiger charge is -2.10. The fourth-order valence-electron chi connectivity index (χ4n) is 1.09. The summed E-state index contributed by atoms with van der Waals surface area (Å²) in [4.78, 5) is 1.90. The van der Waals surface area contributed by atoms with E-state index in [9.17, 15) is 4.55 Å². The number of fused-ring (bicyclic) bond motifs is 1. The van der Waals surface area contributed by atoms with E-state index in [1.807, 2.05) is 24.3 Å². The first-order chi connectivity index (χ1) is 6.33. The quantitative estimate of drug-likeness (QED) is 0.400. The van der Waals surface area contributed by atoms with Gasteiger partial charge in [-0.2, -0.15) is 0 Å². The van der Waals surface area contributed by atoms with Gasteiger partial charge in [0, 0.05) is 11.9 Å². The van der Waals surface area contributed by atoms with Gasteiger partial charge in [0.05, 0.1) is 16.3 Å². The standard InChI is InChI=1S/C9H7NOS2/c1-2-7-10-12-8-5-3-4-6-9(8)13(10)11/h1,3-6H,7H2. The first-order valence-corrected chi connectivity index (χ1v) is 5.61. The molecule has 1 aliphatic heterocycles. The van der Waals surface area contributed by atoms with E-state index in [2.05, 4.69) is 5.92 Å². The molecule has 0 aromatic heterocycles. The van der Waals surface area contributed by atoms with E-state index in [1.54, 1.807) is 3.71 Å². The van der Waals surface area contributed by atoms with Crippen molar-refractivity contribution in [2.45, 2.75) is 9.79 Å². The second-order valence-electron chi connectivity index (χ2n) is 2.48. The van der Waals surface area contributed by atoms with Crippen LogP contribution in [0.2, 0.25) is 0 Å². The van der Waals surface area contributed by atoms with Crippen LogP contribution in [0, 0.1) is 12.3 Å². The second kappa shape index (κ2) is 3.64. The summed E-state index contributed by atoms with van der Waals surface area (Å²) in [6.07, 6.45) is 5.17. The van der Waals surface area contributed by atoms with Crippen molar-refractivity contribution in [3.05, 3.63) is 24.3 Å². The Morgan fingerprint density at radius 1 is 1.54 bits per heavy atom. The smallest absolute Gasteiger partial charge is 0.190 e. The summed E-state index contributed by atoms with van der Waals surface area (Å²) in [5.41, 5.74) is 0. The summed E-state index contributed by atoms with van der Waals surface area (Å²) < 4.78 is 13.4. The third kappa shape index (κ3) is 1.56. The minimum absolute atomic E-state index is 0.409. The minimum Gasteiger partial charge on any atom is -0.592 e. The normalized spacial score (nSPS) is 21.1. The number of terminal acetylenes is 1. The van der Waals surface area contributed by atoms with Crippen molar-refractivity contribution >= 4 is 23.3 Å². The topological polar surface area (TPSA) is 26.3 Å². The minimum atomic E-state index is -1.08. The van der Waals surface area contributed by atoms with E-state index in [0.717, 1.165) is 9.79 Å². The number of nitrogens with zero attached hydrogens (tertiary/aromatic N) is 1. The molecule has 1 heterocycles. The Hall–Kier alpha value is -0.600. The van der Waals surface area contributed by atoms with E-state index >= 15 is 0 Å². The number of rotatable bonds is 1. The number of hydrogen-bond donors (Lipinski definition) is 0. The van der Waals surface area contributed by atoms with Crippen LogP contribution >= 0.6 is 11.9 Å². The molecule has 0 spiro atoms. The van der Waals surface area contributed by atoms with Gasteiger partial charge in [-0.05, 0) is 15.8 Å². The zero-order valence-electron chi connectivity index (χ0n) is 6.77. The van der Waals surface area contributed by atoms with Gasteiger partial charge in [-0.1, -0.05) is 18.1 Å².